The lowest BCUT2D eigenvalue weighted by molar-refractivity contribution is 0.588. The van der Waals surface area contributed by atoms with Crippen LogP contribution in [-0.2, 0) is 13.1 Å². The van der Waals surface area contributed by atoms with E-state index in [2.05, 4.69) is 25.9 Å². The Bertz CT molecular complexity index is 751. The normalized spacial score (nSPS) is 11.1. The van der Waals surface area contributed by atoms with Crippen LogP contribution in [0.4, 0.5) is 0 Å². The summed E-state index contributed by atoms with van der Waals surface area (Å²) in [4.78, 5) is 8.66. The molecule has 0 unspecified atom stereocenters. The first-order valence-corrected chi connectivity index (χ1v) is 7.34. The Morgan fingerprint density at radius 3 is 2.90 bits per heavy atom. The van der Waals surface area contributed by atoms with Crippen molar-refractivity contribution in [1.29, 1.82) is 0 Å². The third-order valence-electron chi connectivity index (χ3n) is 3.58. The van der Waals surface area contributed by atoms with E-state index in [1.807, 2.05) is 37.5 Å². The molecule has 21 heavy (non-hydrogen) atoms. The molecule has 3 rings (SSSR count). The highest BCUT2D eigenvalue weighted by Crippen LogP contribution is 2.24. The number of rotatable bonds is 5. The third-order valence-corrected chi connectivity index (χ3v) is 3.93. The lowest BCUT2D eigenvalue weighted by atomic mass is 10.1. The van der Waals surface area contributed by atoms with Gasteiger partial charge < -0.3 is 9.88 Å². The number of aryl methyl sites for hydroxylation is 1. The molecule has 1 aromatic carbocycles. The van der Waals surface area contributed by atoms with Gasteiger partial charge in [0, 0.05) is 54.2 Å². The first-order chi connectivity index (χ1) is 10.3. The topological polar surface area (TPSA) is 42.7 Å². The first kappa shape index (κ1) is 14.0. The molecule has 0 radical (unpaired) electrons. The van der Waals surface area contributed by atoms with Crippen molar-refractivity contribution in [1.82, 2.24) is 19.9 Å². The molecule has 0 saturated heterocycles. The smallest absolute Gasteiger partial charge is 0.105 e. The SMILES string of the molecule is Cc1nccn1CCNCc1c(Cl)ccc2cccnc12. The summed E-state index contributed by atoms with van der Waals surface area (Å²) in [5.41, 5.74) is 2.02. The van der Waals surface area contributed by atoms with Crippen molar-refractivity contribution in [2.45, 2.75) is 20.0 Å². The average molecular weight is 301 g/mol. The van der Waals surface area contributed by atoms with E-state index in [1.54, 1.807) is 6.20 Å². The van der Waals surface area contributed by atoms with E-state index in [9.17, 15) is 0 Å². The molecule has 0 spiro atoms. The Morgan fingerprint density at radius 1 is 1.19 bits per heavy atom. The molecule has 5 heteroatoms. The summed E-state index contributed by atoms with van der Waals surface area (Å²) in [5, 5.41) is 5.30. The van der Waals surface area contributed by atoms with Crippen molar-refractivity contribution >= 4 is 22.5 Å². The van der Waals surface area contributed by atoms with E-state index >= 15 is 0 Å². The molecular weight excluding hydrogens is 284 g/mol. The largest absolute Gasteiger partial charge is 0.334 e. The van der Waals surface area contributed by atoms with E-state index in [1.165, 1.54) is 0 Å². The van der Waals surface area contributed by atoms with Crippen LogP contribution >= 0.6 is 11.6 Å². The van der Waals surface area contributed by atoms with Crippen molar-refractivity contribution in [3.05, 3.63) is 59.3 Å². The van der Waals surface area contributed by atoms with Gasteiger partial charge in [-0.2, -0.15) is 0 Å². The molecule has 4 nitrogen and oxygen atoms in total. The van der Waals surface area contributed by atoms with E-state index in [-0.39, 0.29) is 0 Å². The molecule has 0 amide bonds. The van der Waals surface area contributed by atoms with Gasteiger partial charge >= 0.3 is 0 Å². The third kappa shape index (κ3) is 3.06. The molecule has 0 saturated carbocycles. The summed E-state index contributed by atoms with van der Waals surface area (Å²) < 4.78 is 2.12. The van der Waals surface area contributed by atoms with E-state index in [4.69, 9.17) is 11.6 Å². The van der Waals surface area contributed by atoms with Crippen molar-refractivity contribution in [2.75, 3.05) is 6.54 Å². The van der Waals surface area contributed by atoms with Crippen molar-refractivity contribution in [3.8, 4) is 0 Å². The standard InChI is InChI=1S/C16H17ClN4/c1-12-19-8-10-21(12)9-7-18-11-14-15(17)5-4-13-3-2-6-20-16(13)14/h2-6,8,10,18H,7,9,11H2,1H3. The van der Waals surface area contributed by atoms with Gasteiger partial charge in [0.2, 0.25) is 0 Å². The summed E-state index contributed by atoms with van der Waals surface area (Å²) in [6, 6.07) is 7.93. The number of nitrogens with zero attached hydrogens (tertiary/aromatic N) is 3. The molecule has 3 aromatic rings. The zero-order chi connectivity index (χ0) is 14.7. The second-order valence-corrected chi connectivity index (χ2v) is 5.35. The van der Waals surface area contributed by atoms with Gasteiger partial charge in [-0.3, -0.25) is 4.98 Å². The number of halogens is 1. The number of aromatic nitrogens is 3. The molecular formula is C16H17ClN4. The molecule has 1 N–H and O–H groups in total. The van der Waals surface area contributed by atoms with Crippen molar-refractivity contribution in [3.63, 3.8) is 0 Å². The van der Waals surface area contributed by atoms with Gasteiger partial charge in [-0.15, -0.1) is 0 Å². The minimum Gasteiger partial charge on any atom is -0.334 e. The zero-order valence-electron chi connectivity index (χ0n) is 11.9. The van der Waals surface area contributed by atoms with Crippen LogP contribution in [0.15, 0.2) is 42.9 Å². The van der Waals surface area contributed by atoms with Crippen LogP contribution in [0.2, 0.25) is 5.02 Å². The highest BCUT2D eigenvalue weighted by molar-refractivity contribution is 6.32. The number of nitrogens with one attached hydrogen (secondary N) is 1. The van der Waals surface area contributed by atoms with Crippen molar-refractivity contribution in [2.24, 2.45) is 0 Å². The molecule has 0 aliphatic rings. The van der Waals surface area contributed by atoms with Crippen LogP contribution in [0.3, 0.4) is 0 Å². The summed E-state index contributed by atoms with van der Waals surface area (Å²) in [7, 11) is 0. The number of fused-ring (bicyclic) bond motifs is 1. The summed E-state index contributed by atoms with van der Waals surface area (Å²) in [6.07, 6.45) is 5.61. The highest BCUT2D eigenvalue weighted by Gasteiger charge is 2.06. The zero-order valence-corrected chi connectivity index (χ0v) is 12.6. The van der Waals surface area contributed by atoms with Crippen LogP contribution < -0.4 is 5.32 Å². The Morgan fingerprint density at radius 2 is 2.10 bits per heavy atom. The quantitative estimate of drug-likeness (QED) is 0.736. The minimum atomic E-state index is 0.709. The maximum atomic E-state index is 6.31. The van der Waals surface area contributed by atoms with Crippen LogP contribution in [0, 0.1) is 6.92 Å². The molecule has 108 valence electrons. The molecule has 0 aliphatic heterocycles. The van der Waals surface area contributed by atoms with Gasteiger partial charge in [0.05, 0.1) is 5.52 Å². The van der Waals surface area contributed by atoms with Crippen molar-refractivity contribution < 1.29 is 0 Å². The fraction of sp³-hybridized carbons (Fsp3) is 0.250. The minimum absolute atomic E-state index is 0.709. The van der Waals surface area contributed by atoms with Crippen LogP contribution in [0.5, 0.6) is 0 Å². The molecule has 0 atom stereocenters. The van der Waals surface area contributed by atoms with Gasteiger partial charge in [-0.1, -0.05) is 23.7 Å². The second kappa shape index (κ2) is 6.24. The second-order valence-electron chi connectivity index (χ2n) is 4.95. The molecule has 2 aromatic heterocycles. The summed E-state index contributed by atoms with van der Waals surface area (Å²) >= 11 is 6.31. The fourth-order valence-electron chi connectivity index (χ4n) is 2.40. The van der Waals surface area contributed by atoms with Crippen LogP contribution in [0.25, 0.3) is 10.9 Å². The number of pyridine rings is 1. The van der Waals surface area contributed by atoms with Crippen LogP contribution in [-0.4, -0.2) is 21.1 Å². The Labute approximate surface area is 128 Å². The number of hydrogen-bond acceptors (Lipinski definition) is 3. The molecule has 2 heterocycles. The van der Waals surface area contributed by atoms with Gasteiger partial charge in [-0.05, 0) is 19.1 Å². The number of imidazole rings is 1. The van der Waals surface area contributed by atoms with Gasteiger partial charge in [0.25, 0.3) is 0 Å². The molecule has 0 bridgehead atoms. The Kier molecular flexibility index (Phi) is 4.18. The maximum Gasteiger partial charge on any atom is 0.105 e. The van der Waals surface area contributed by atoms with Gasteiger partial charge in [-0.25, -0.2) is 4.98 Å². The summed E-state index contributed by atoms with van der Waals surface area (Å²) in [5.74, 6) is 1.03. The lowest BCUT2D eigenvalue weighted by Crippen LogP contribution is -2.20. The predicted molar refractivity (Wildman–Crippen MR) is 85.4 cm³/mol. The predicted octanol–water partition coefficient (Wildman–Crippen LogP) is 3.18. The van der Waals surface area contributed by atoms with Gasteiger partial charge in [0.1, 0.15) is 5.82 Å². The maximum absolute atomic E-state index is 6.31. The number of benzene rings is 1. The van der Waals surface area contributed by atoms with Crippen LogP contribution in [0.1, 0.15) is 11.4 Å². The molecule has 0 fully saturated rings. The fourth-order valence-corrected chi connectivity index (χ4v) is 2.62. The molecule has 0 aliphatic carbocycles. The monoisotopic (exact) mass is 300 g/mol. The van der Waals surface area contributed by atoms with E-state index < -0.39 is 0 Å². The number of hydrogen-bond donors (Lipinski definition) is 1. The lowest BCUT2D eigenvalue weighted by Gasteiger charge is -2.10. The first-order valence-electron chi connectivity index (χ1n) is 6.96. The highest BCUT2D eigenvalue weighted by atomic mass is 35.5. The van der Waals surface area contributed by atoms with E-state index in [0.29, 0.717) is 6.54 Å². The average Bonchev–Trinajstić information content (AvgIpc) is 2.91. The van der Waals surface area contributed by atoms with Gasteiger partial charge in [0.15, 0.2) is 0 Å². The summed E-state index contributed by atoms with van der Waals surface area (Å²) in [6.45, 7) is 4.46. The van der Waals surface area contributed by atoms with E-state index in [0.717, 1.165) is 40.4 Å². The Hall–Kier alpha value is -1.91. The Balaban J connectivity index is 1.68.